The summed E-state index contributed by atoms with van der Waals surface area (Å²) in [5.41, 5.74) is 0. The summed E-state index contributed by atoms with van der Waals surface area (Å²) in [7, 11) is 0. The van der Waals surface area contributed by atoms with Gasteiger partial charge in [0.2, 0.25) is 0 Å². The summed E-state index contributed by atoms with van der Waals surface area (Å²) < 4.78 is 17.0. The van der Waals surface area contributed by atoms with Crippen molar-refractivity contribution in [1.82, 2.24) is 0 Å². The molecule has 0 aromatic heterocycles. The van der Waals surface area contributed by atoms with Crippen LogP contribution in [0.2, 0.25) is 0 Å². The van der Waals surface area contributed by atoms with Gasteiger partial charge in [0.1, 0.15) is 13.2 Å². The molecule has 0 radical (unpaired) electrons. The molecule has 0 N–H and O–H groups in total. The highest BCUT2D eigenvalue weighted by Gasteiger charge is 2.19. The molecular formula is C76H138O6. The van der Waals surface area contributed by atoms with E-state index in [4.69, 9.17) is 14.2 Å². The number of ether oxygens (including phenoxy) is 3. The van der Waals surface area contributed by atoms with Crippen LogP contribution in [0.15, 0.2) is 60.8 Å². The van der Waals surface area contributed by atoms with Crippen LogP contribution in [0.5, 0.6) is 0 Å². The third kappa shape index (κ3) is 67.9. The minimum Gasteiger partial charge on any atom is -0.462 e. The summed E-state index contributed by atoms with van der Waals surface area (Å²) in [6.07, 6.45) is 91.0. The van der Waals surface area contributed by atoms with Crippen molar-refractivity contribution in [3.8, 4) is 0 Å². The molecule has 0 aromatic carbocycles. The zero-order chi connectivity index (χ0) is 59.2. The highest BCUT2D eigenvalue weighted by molar-refractivity contribution is 5.71. The van der Waals surface area contributed by atoms with Gasteiger partial charge in [-0.15, -0.1) is 0 Å². The first-order valence-electron chi connectivity index (χ1n) is 36.3. The highest BCUT2D eigenvalue weighted by Crippen LogP contribution is 2.18. The van der Waals surface area contributed by atoms with Gasteiger partial charge in [-0.2, -0.15) is 0 Å². The average Bonchev–Trinajstić information content (AvgIpc) is 3.47. The van der Waals surface area contributed by atoms with Crippen molar-refractivity contribution >= 4 is 17.9 Å². The summed E-state index contributed by atoms with van der Waals surface area (Å²) in [6, 6.07) is 0. The van der Waals surface area contributed by atoms with Crippen LogP contribution < -0.4 is 0 Å². The molecule has 0 saturated heterocycles. The van der Waals surface area contributed by atoms with Crippen molar-refractivity contribution in [2.24, 2.45) is 0 Å². The lowest BCUT2D eigenvalue weighted by Gasteiger charge is -2.18. The predicted octanol–water partition coefficient (Wildman–Crippen LogP) is 25.1. The van der Waals surface area contributed by atoms with E-state index in [1.807, 2.05) is 0 Å². The van der Waals surface area contributed by atoms with Gasteiger partial charge in [0.15, 0.2) is 6.10 Å². The highest BCUT2D eigenvalue weighted by atomic mass is 16.6. The van der Waals surface area contributed by atoms with Crippen molar-refractivity contribution in [1.29, 1.82) is 0 Å². The molecule has 0 bridgehead atoms. The van der Waals surface area contributed by atoms with Gasteiger partial charge < -0.3 is 14.2 Å². The van der Waals surface area contributed by atoms with Gasteiger partial charge >= 0.3 is 17.9 Å². The van der Waals surface area contributed by atoms with E-state index in [2.05, 4.69) is 81.5 Å². The Hall–Kier alpha value is -2.89. The molecule has 0 heterocycles. The topological polar surface area (TPSA) is 78.9 Å². The SMILES string of the molecule is CCCCC/C=C\C/C=C\C/C=C\CCCCCCCCC(=O)OCC(COC(=O)CCCCCCCCCCCCCCC/C=C\C/C=C\CCCCCCC)OC(=O)CCCCCCCCCCCCCCCCCCCCCC. The summed E-state index contributed by atoms with van der Waals surface area (Å²) >= 11 is 0. The molecule has 1 unspecified atom stereocenters. The van der Waals surface area contributed by atoms with Crippen LogP contribution in [-0.4, -0.2) is 37.2 Å². The molecule has 0 aliphatic heterocycles. The first-order chi connectivity index (χ1) is 40.5. The van der Waals surface area contributed by atoms with Gasteiger partial charge in [-0.05, 0) is 89.9 Å². The molecule has 0 aliphatic carbocycles. The summed E-state index contributed by atoms with van der Waals surface area (Å²) in [6.45, 7) is 6.66. The van der Waals surface area contributed by atoms with Gasteiger partial charge in [0, 0.05) is 19.3 Å². The minimum atomic E-state index is -0.780. The molecule has 6 heteroatoms. The van der Waals surface area contributed by atoms with Crippen molar-refractivity contribution in [2.75, 3.05) is 13.2 Å². The predicted molar refractivity (Wildman–Crippen MR) is 358 cm³/mol. The fourth-order valence-electron chi connectivity index (χ4n) is 10.8. The summed E-state index contributed by atoms with van der Waals surface area (Å²) in [4.78, 5) is 38.5. The van der Waals surface area contributed by atoms with E-state index in [0.717, 1.165) is 83.5 Å². The Balaban J connectivity index is 4.33. The first kappa shape index (κ1) is 79.1. The normalized spacial score (nSPS) is 12.4. The number of carbonyl (C=O) groups excluding carboxylic acids is 3. The van der Waals surface area contributed by atoms with Crippen LogP contribution in [0.1, 0.15) is 387 Å². The number of unbranched alkanes of at least 4 members (excludes halogenated alkanes) is 46. The number of allylic oxidation sites excluding steroid dienone is 10. The first-order valence-corrected chi connectivity index (χ1v) is 36.3. The van der Waals surface area contributed by atoms with Crippen LogP contribution in [-0.2, 0) is 28.6 Å². The van der Waals surface area contributed by atoms with E-state index in [1.165, 1.54) is 263 Å². The molecule has 0 rings (SSSR count). The van der Waals surface area contributed by atoms with Gasteiger partial charge in [-0.25, -0.2) is 0 Å². The molecule has 0 amide bonds. The second-order valence-corrected chi connectivity index (χ2v) is 24.5. The number of carbonyl (C=O) groups is 3. The largest absolute Gasteiger partial charge is 0.462 e. The van der Waals surface area contributed by atoms with Gasteiger partial charge in [0.05, 0.1) is 0 Å². The number of esters is 3. The van der Waals surface area contributed by atoms with Crippen LogP contribution in [0, 0.1) is 0 Å². The Labute approximate surface area is 510 Å². The molecule has 1 atom stereocenters. The van der Waals surface area contributed by atoms with Crippen LogP contribution in [0.4, 0.5) is 0 Å². The number of hydrogen-bond donors (Lipinski definition) is 0. The minimum absolute atomic E-state index is 0.0748. The van der Waals surface area contributed by atoms with Crippen molar-refractivity contribution in [2.45, 2.75) is 393 Å². The van der Waals surface area contributed by atoms with E-state index in [0.29, 0.717) is 19.3 Å². The Kier molecular flexibility index (Phi) is 68.1. The number of hydrogen-bond acceptors (Lipinski definition) is 6. The van der Waals surface area contributed by atoms with Crippen molar-refractivity contribution < 1.29 is 28.6 Å². The molecule has 0 aromatic rings. The quantitative estimate of drug-likeness (QED) is 0.0261. The third-order valence-electron chi connectivity index (χ3n) is 16.2. The standard InChI is InChI=1S/C76H138O6/c1-4-7-10-13-16-19-22-25-28-31-34-36-37-38-39-40-43-45-48-51-54-57-60-63-66-69-75(78)81-72-73(71-80-74(77)68-65-62-59-56-53-50-47-44-41-33-30-27-24-21-18-15-12-9-6-3)82-76(79)70-67-64-61-58-55-52-49-46-42-35-32-29-26-23-20-17-14-11-8-5-2/h18,21-22,25,27,30-31,34,41,44,73H,4-17,19-20,23-24,26,28-29,32-33,35-40,42-43,45-72H2,1-3H3/b21-18-,25-22-,30-27-,34-31-,44-41-. The molecular weight excluding hydrogens is 1010 g/mol. The van der Waals surface area contributed by atoms with Crippen LogP contribution in [0.25, 0.3) is 0 Å². The smallest absolute Gasteiger partial charge is 0.306 e. The molecule has 0 spiro atoms. The molecule has 478 valence electrons. The molecule has 0 saturated carbocycles. The number of rotatable bonds is 67. The van der Waals surface area contributed by atoms with E-state index >= 15 is 0 Å². The maximum Gasteiger partial charge on any atom is 0.306 e. The molecule has 0 aliphatic rings. The maximum absolute atomic E-state index is 13.0. The van der Waals surface area contributed by atoms with E-state index in [1.54, 1.807) is 0 Å². The zero-order valence-corrected chi connectivity index (χ0v) is 55.0. The second kappa shape index (κ2) is 70.6. The second-order valence-electron chi connectivity index (χ2n) is 24.5. The van der Waals surface area contributed by atoms with Crippen LogP contribution >= 0.6 is 0 Å². The lowest BCUT2D eigenvalue weighted by atomic mass is 10.0. The average molecular weight is 1150 g/mol. The monoisotopic (exact) mass is 1150 g/mol. The van der Waals surface area contributed by atoms with Crippen LogP contribution in [0.3, 0.4) is 0 Å². The van der Waals surface area contributed by atoms with E-state index in [9.17, 15) is 14.4 Å². The van der Waals surface area contributed by atoms with E-state index < -0.39 is 6.10 Å². The Morgan fingerprint density at radius 1 is 0.244 bits per heavy atom. The van der Waals surface area contributed by atoms with Gasteiger partial charge in [0.25, 0.3) is 0 Å². The fourth-order valence-corrected chi connectivity index (χ4v) is 10.8. The van der Waals surface area contributed by atoms with Crippen molar-refractivity contribution in [3.05, 3.63) is 60.8 Å². The maximum atomic E-state index is 13.0. The fraction of sp³-hybridized carbons (Fsp3) is 0.829. The lowest BCUT2D eigenvalue weighted by molar-refractivity contribution is -0.167. The Morgan fingerprint density at radius 2 is 0.439 bits per heavy atom. The summed E-state index contributed by atoms with van der Waals surface area (Å²) in [5.74, 6) is -0.861. The molecule has 0 fully saturated rings. The van der Waals surface area contributed by atoms with Gasteiger partial charge in [-0.3, -0.25) is 14.4 Å². The Morgan fingerprint density at radius 3 is 0.707 bits per heavy atom. The van der Waals surface area contributed by atoms with Gasteiger partial charge in [-0.1, -0.05) is 338 Å². The van der Waals surface area contributed by atoms with Crippen molar-refractivity contribution in [3.63, 3.8) is 0 Å². The summed E-state index contributed by atoms with van der Waals surface area (Å²) in [5, 5.41) is 0. The molecule has 6 nitrogen and oxygen atoms in total. The lowest BCUT2D eigenvalue weighted by Crippen LogP contribution is -2.30. The van der Waals surface area contributed by atoms with E-state index in [-0.39, 0.29) is 31.1 Å². The zero-order valence-electron chi connectivity index (χ0n) is 55.0. The Bertz CT molecular complexity index is 1460. The molecule has 82 heavy (non-hydrogen) atoms. The third-order valence-corrected chi connectivity index (χ3v) is 16.2.